The number of aryl methyl sites for hydroxylation is 1. The molecule has 0 spiro atoms. The van der Waals surface area contributed by atoms with Crippen molar-refractivity contribution in [2.75, 3.05) is 11.9 Å². The second-order valence-corrected chi connectivity index (χ2v) is 7.31. The van der Waals surface area contributed by atoms with E-state index >= 15 is 0 Å². The minimum Gasteiger partial charge on any atom is -0.324 e. The fraction of sp³-hybridized carbons (Fsp3) is 0.364. The van der Waals surface area contributed by atoms with Crippen LogP contribution < -0.4 is 5.32 Å². The molecule has 1 saturated carbocycles. The number of ketones is 1. The molecule has 4 rings (SSSR count). The number of benzene rings is 2. The lowest BCUT2D eigenvalue weighted by molar-refractivity contribution is -0.118. The molecule has 0 bridgehead atoms. The number of nitrogens with one attached hydrogen (secondary N) is 1. The third kappa shape index (κ3) is 3.42. The topological polar surface area (TPSA) is 49.4 Å². The highest BCUT2D eigenvalue weighted by Gasteiger charge is 2.38. The van der Waals surface area contributed by atoms with Gasteiger partial charge in [0, 0.05) is 17.6 Å². The first-order valence-corrected chi connectivity index (χ1v) is 9.37. The van der Waals surface area contributed by atoms with E-state index in [0.29, 0.717) is 29.9 Å². The lowest BCUT2D eigenvalue weighted by Gasteiger charge is -2.29. The number of anilines is 1. The molecular formula is C22H24N2O2. The second-order valence-electron chi connectivity index (χ2n) is 7.31. The van der Waals surface area contributed by atoms with Crippen molar-refractivity contribution in [2.45, 2.75) is 44.7 Å². The van der Waals surface area contributed by atoms with Crippen molar-refractivity contribution in [1.82, 2.24) is 4.90 Å². The van der Waals surface area contributed by atoms with E-state index in [2.05, 4.69) is 34.5 Å². The van der Waals surface area contributed by atoms with E-state index in [1.54, 1.807) is 12.1 Å². The fourth-order valence-corrected chi connectivity index (χ4v) is 4.03. The number of para-hydroxylation sites is 1. The van der Waals surface area contributed by atoms with Crippen molar-refractivity contribution < 1.29 is 9.59 Å². The van der Waals surface area contributed by atoms with E-state index in [9.17, 15) is 9.59 Å². The van der Waals surface area contributed by atoms with Crippen molar-refractivity contribution in [3.8, 4) is 0 Å². The Kier molecular flexibility index (Phi) is 4.60. The zero-order valence-electron chi connectivity index (χ0n) is 15.1. The Bertz CT molecular complexity index is 842. The van der Waals surface area contributed by atoms with Crippen LogP contribution >= 0.6 is 0 Å². The average Bonchev–Trinajstić information content (AvgIpc) is 3.39. The molecule has 0 heterocycles. The Balaban J connectivity index is 1.50. The van der Waals surface area contributed by atoms with Crippen molar-refractivity contribution in [3.05, 3.63) is 65.2 Å². The van der Waals surface area contributed by atoms with E-state index < -0.39 is 0 Å². The molecule has 4 nitrogen and oxygen atoms in total. The van der Waals surface area contributed by atoms with Gasteiger partial charge in [-0.1, -0.05) is 36.4 Å². The monoisotopic (exact) mass is 348 g/mol. The van der Waals surface area contributed by atoms with Crippen LogP contribution in [0.5, 0.6) is 0 Å². The number of nitrogens with zero attached hydrogens (tertiary/aromatic N) is 1. The zero-order valence-corrected chi connectivity index (χ0v) is 15.1. The molecule has 2 aromatic carbocycles. The van der Waals surface area contributed by atoms with Crippen LogP contribution in [0.1, 0.15) is 53.7 Å². The molecule has 1 N–H and O–H groups in total. The van der Waals surface area contributed by atoms with Crippen molar-refractivity contribution >= 4 is 17.4 Å². The molecular weight excluding hydrogens is 324 g/mol. The van der Waals surface area contributed by atoms with Crippen LogP contribution in [0.4, 0.5) is 5.69 Å². The van der Waals surface area contributed by atoms with Gasteiger partial charge in [0.2, 0.25) is 5.91 Å². The minimum absolute atomic E-state index is 0.0373. The number of hydrogen-bond acceptors (Lipinski definition) is 3. The van der Waals surface area contributed by atoms with Crippen LogP contribution in [0.3, 0.4) is 0 Å². The van der Waals surface area contributed by atoms with Crippen LogP contribution in [-0.4, -0.2) is 29.2 Å². The first kappa shape index (κ1) is 17.0. The quantitative estimate of drug-likeness (QED) is 0.803. The minimum atomic E-state index is -0.0463. The van der Waals surface area contributed by atoms with E-state index in [0.717, 1.165) is 25.7 Å². The molecule has 0 radical (unpaired) electrons. The molecule has 1 unspecified atom stereocenters. The van der Waals surface area contributed by atoms with E-state index in [1.807, 2.05) is 12.1 Å². The number of hydrogen-bond donors (Lipinski definition) is 1. The molecule has 1 atom stereocenters. The normalized spacial score (nSPS) is 18.6. The molecule has 4 heteroatoms. The molecule has 2 aliphatic rings. The first-order valence-electron chi connectivity index (χ1n) is 9.37. The maximum absolute atomic E-state index is 12.7. The number of fused-ring (bicyclic) bond motifs is 1. The summed E-state index contributed by atoms with van der Waals surface area (Å²) in [7, 11) is 0. The highest BCUT2D eigenvalue weighted by molar-refractivity contribution is 6.04. The number of carbonyl (C=O) groups is 2. The number of Topliss-reactive ketones (excluding diaryl/α,β-unsaturated/α-hetero) is 1. The van der Waals surface area contributed by atoms with Crippen molar-refractivity contribution in [3.63, 3.8) is 0 Å². The smallest absolute Gasteiger partial charge is 0.238 e. The number of rotatable bonds is 6. The van der Waals surface area contributed by atoms with E-state index in [4.69, 9.17) is 0 Å². The summed E-state index contributed by atoms with van der Waals surface area (Å²) in [6.07, 6.45) is 4.48. The van der Waals surface area contributed by atoms with Gasteiger partial charge in [-0.2, -0.15) is 0 Å². The van der Waals surface area contributed by atoms with Gasteiger partial charge in [0.1, 0.15) is 0 Å². The molecule has 2 aliphatic carbocycles. The standard InChI is InChI=1S/C22H24N2O2/c1-15(25)18-7-4-5-9-20(18)23-22(26)14-24(17-11-12-17)21-13-10-16-6-2-3-8-19(16)21/h2-9,17,21H,10-14H2,1H3,(H,23,26). The predicted molar refractivity (Wildman–Crippen MR) is 102 cm³/mol. The summed E-state index contributed by atoms with van der Waals surface area (Å²) in [5.41, 5.74) is 3.94. The van der Waals surface area contributed by atoms with Gasteiger partial charge in [-0.05, 0) is 55.9 Å². The Labute approximate surface area is 154 Å². The van der Waals surface area contributed by atoms with Gasteiger partial charge >= 0.3 is 0 Å². The van der Waals surface area contributed by atoms with Crippen LogP contribution in [0, 0.1) is 0 Å². The molecule has 1 amide bonds. The van der Waals surface area contributed by atoms with Gasteiger partial charge < -0.3 is 5.32 Å². The fourth-order valence-electron chi connectivity index (χ4n) is 4.03. The molecule has 1 fully saturated rings. The van der Waals surface area contributed by atoms with Gasteiger partial charge in [-0.25, -0.2) is 0 Å². The molecule has 0 aromatic heterocycles. The molecule has 2 aromatic rings. The van der Waals surface area contributed by atoms with Gasteiger partial charge in [0.15, 0.2) is 5.78 Å². The number of amides is 1. The van der Waals surface area contributed by atoms with Gasteiger partial charge in [-0.15, -0.1) is 0 Å². The summed E-state index contributed by atoms with van der Waals surface area (Å²) in [5.74, 6) is -0.0837. The largest absolute Gasteiger partial charge is 0.324 e. The summed E-state index contributed by atoms with van der Waals surface area (Å²) in [4.78, 5) is 26.9. The van der Waals surface area contributed by atoms with Gasteiger partial charge in [-0.3, -0.25) is 14.5 Å². The number of carbonyl (C=O) groups excluding carboxylic acids is 2. The average molecular weight is 348 g/mol. The third-order valence-corrected chi connectivity index (χ3v) is 5.42. The van der Waals surface area contributed by atoms with Gasteiger partial charge in [0.25, 0.3) is 0 Å². The zero-order chi connectivity index (χ0) is 18.1. The third-order valence-electron chi connectivity index (χ3n) is 5.42. The predicted octanol–water partition coefficient (Wildman–Crippen LogP) is 3.98. The molecule has 26 heavy (non-hydrogen) atoms. The van der Waals surface area contributed by atoms with Crippen LogP contribution in [-0.2, 0) is 11.2 Å². The Morgan fingerprint density at radius 2 is 1.77 bits per heavy atom. The van der Waals surface area contributed by atoms with Crippen molar-refractivity contribution in [2.24, 2.45) is 0 Å². The Hall–Kier alpha value is -2.46. The van der Waals surface area contributed by atoms with Gasteiger partial charge in [0.05, 0.1) is 12.2 Å². The first-order chi connectivity index (χ1) is 12.6. The van der Waals surface area contributed by atoms with Crippen LogP contribution in [0.2, 0.25) is 0 Å². The molecule has 0 saturated heterocycles. The summed E-state index contributed by atoms with van der Waals surface area (Å²) in [6, 6.07) is 16.6. The van der Waals surface area contributed by atoms with Crippen molar-refractivity contribution in [1.29, 1.82) is 0 Å². The summed E-state index contributed by atoms with van der Waals surface area (Å²) in [6.45, 7) is 1.90. The summed E-state index contributed by atoms with van der Waals surface area (Å²) < 4.78 is 0. The van der Waals surface area contributed by atoms with Crippen LogP contribution in [0.25, 0.3) is 0 Å². The van der Waals surface area contributed by atoms with E-state index in [-0.39, 0.29) is 11.7 Å². The second kappa shape index (κ2) is 7.04. The highest BCUT2D eigenvalue weighted by Crippen LogP contribution is 2.41. The summed E-state index contributed by atoms with van der Waals surface area (Å²) >= 11 is 0. The Morgan fingerprint density at radius 1 is 1.04 bits per heavy atom. The highest BCUT2D eigenvalue weighted by atomic mass is 16.2. The Morgan fingerprint density at radius 3 is 2.54 bits per heavy atom. The molecule has 0 aliphatic heterocycles. The van der Waals surface area contributed by atoms with E-state index in [1.165, 1.54) is 18.1 Å². The maximum atomic E-state index is 12.7. The molecule has 134 valence electrons. The lowest BCUT2D eigenvalue weighted by Crippen LogP contribution is -2.37. The summed E-state index contributed by atoms with van der Waals surface area (Å²) in [5, 5.41) is 2.95. The SMILES string of the molecule is CC(=O)c1ccccc1NC(=O)CN(C1CC1)C1CCc2ccccc21. The maximum Gasteiger partial charge on any atom is 0.238 e. The van der Waals surface area contributed by atoms with Crippen LogP contribution in [0.15, 0.2) is 48.5 Å². The lowest BCUT2D eigenvalue weighted by atomic mass is 10.1.